The fourth-order valence-electron chi connectivity index (χ4n) is 0.910. The van der Waals surface area contributed by atoms with Crippen molar-refractivity contribution in [3.05, 3.63) is 29.8 Å². The molecule has 0 aliphatic heterocycles. The lowest BCUT2D eigenvalue weighted by atomic mass is 10.2. The number of nitrogens with one attached hydrogen (secondary N) is 1. The van der Waals surface area contributed by atoms with Gasteiger partial charge in [-0.3, -0.25) is 5.43 Å². The van der Waals surface area contributed by atoms with Crippen LogP contribution in [0.1, 0.15) is 19.4 Å². The Labute approximate surface area is 85.8 Å². The number of benzene rings is 1. The molecule has 82 valence electrons. The van der Waals surface area contributed by atoms with Crippen molar-refractivity contribution in [2.24, 2.45) is 5.10 Å². The first-order valence-corrected chi connectivity index (χ1v) is 4.34. The summed E-state index contributed by atoms with van der Waals surface area (Å²) >= 11 is 0. The Morgan fingerprint density at radius 3 is 2.07 bits per heavy atom. The first-order chi connectivity index (χ1) is 6.89. The Kier molecular flexibility index (Phi) is 3.34. The summed E-state index contributed by atoms with van der Waals surface area (Å²) in [6.45, 7) is 3.58. The lowest BCUT2D eigenvalue weighted by Crippen LogP contribution is -2.04. The van der Waals surface area contributed by atoms with E-state index in [4.69, 9.17) is 0 Å². The second kappa shape index (κ2) is 4.33. The van der Waals surface area contributed by atoms with Crippen molar-refractivity contribution < 1.29 is 13.2 Å². The predicted molar refractivity (Wildman–Crippen MR) is 53.8 cm³/mol. The molecule has 0 fully saturated rings. The number of halogens is 3. The van der Waals surface area contributed by atoms with Crippen LogP contribution in [0.2, 0.25) is 0 Å². The van der Waals surface area contributed by atoms with Crippen molar-refractivity contribution in [3.8, 4) is 0 Å². The zero-order chi connectivity index (χ0) is 11.5. The number of nitrogens with zero attached hydrogens (tertiary/aromatic N) is 1. The molecule has 0 saturated carbocycles. The van der Waals surface area contributed by atoms with Crippen LogP contribution in [-0.4, -0.2) is 5.71 Å². The maximum absolute atomic E-state index is 12.2. The second-order valence-corrected chi connectivity index (χ2v) is 3.25. The Hall–Kier alpha value is -1.52. The van der Waals surface area contributed by atoms with Crippen LogP contribution in [0.3, 0.4) is 0 Å². The molecule has 0 spiro atoms. The topological polar surface area (TPSA) is 24.4 Å². The number of alkyl halides is 3. The molecule has 2 nitrogen and oxygen atoms in total. The lowest BCUT2D eigenvalue weighted by Gasteiger charge is -2.07. The van der Waals surface area contributed by atoms with Gasteiger partial charge in [0.1, 0.15) is 0 Å². The summed E-state index contributed by atoms with van der Waals surface area (Å²) in [4.78, 5) is 0. The third-order valence-corrected chi connectivity index (χ3v) is 1.62. The average Bonchev–Trinajstić information content (AvgIpc) is 2.14. The minimum Gasteiger partial charge on any atom is -0.279 e. The molecule has 0 saturated heterocycles. The summed E-state index contributed by atoms with van der Waals surface area (Å²) in [6, 6.07) is 4.72. The van der Waals surface area contributed by atoms with Gasteiger partial charge in [0.2, 0.25) is 0 Å². The molecule has 5 heteroatoms. The summed E-state index contributed by atoms with van der Waals surface area (Å²) in [5.74, 6) is 0. The van der Waals surface area contributed by atoms with E-state index in [-0.39, 0.29) is 0 Å². The van der Waals surface area contributed by atoms with Crippen LogP contribution in [0.4, 0.5) is 18.9 Å². The third kappa shape index (κ3) is 3.61. The average molecular weight is 216 g/mol. The van der Waals surface area contributed by atoms with Crippen LogP contribution in [0.25, 0.3) is 0 Å². The fraction of sp³-hybridized carbons (Fsp3) is 0.300. The van der Waals surface area contributed by atoms with Gasteiger partial charge in [-0.15, -0.1) is 0 Å². The van der Waals surface area contributed by atoms with Crippen molar-refractivity contribution in [2.45, 2.75) is 20.0 Å². The molecular formula is C10H11F3N2. The van der Waals surface area contributed by atoms with Gasteiger partial charge >= 0.3 is 6.18 Å². The summed E-state index contributed by atoms with van der Waals surface area (Å²) in [5, 5.41) is 3.87. The molecule has 15 heavy (non-hydrogen) atoms. The van der Waals surface area contributed by atoms with Crippen molar-refractivity contribution in [3.63, 3.8) is 0 Å². The highest BCUT2D eigenvalue weighted by Gasteiger charge is 2.29. The number of hydrazone groups is 1. The molecule has 0 heterocycles. The molecular weight excluding hydrogens is 205 g/mol. The minimum atomic E-state index is -4.29. The van der Waals surface area contributed by atoms with Crippen molar-refractivity contribution in [2.75, 3.05) is 5.43 Å². The standard InChI is InChI=1S/C10H11F3N2/c1-7(2)14-15-9-5-3-8(4-6-9)10(11,12)13/h3-6,15H,1-2H3. The van der Waals surface area contributed by atoms with E-state index < -0.39 is 11.7 Å². The van der Waals surface area contributed by atoms with Crippen LogP contribution in [-0.2, 0) is 6.18 Å². The van der Waals surface area contributed by atoms with Gasteiger partial charge in [0, 0.05) is 5.71 Å². The molecule has 1 aromatic carbocycles. The molecule has 0 aromatic heterocycles. The van der Waals surface area contributed by atoms with Crippen molar-refractivity contribution in [1.29, 1.82) is 0 Å². The zero-order valence-electron chi connectivity index (χ0n) is 8.39. The van der Waals surface area contributed by atoms with Crippen LogP contribution in [0.5, 0.6) is 0 Å². The van der Waals surface area contributed by atoms with Crippen LogP contribution >= 0.6 is 0 Å². The van der Waals surface area contributed by atoms with Gasteiger partial charge in [-0.1, -0.05) is 0 Å². The Balaban J connectivity index is 2.77. The monoisotopic (exact) mass is 216 g/mol. The maximum Gasteiger partial charge on any atom is 0.416 e. The van der Waals surface area contributed by atoms with Gasteiger partial charge in [-0.25, -0.2) is 0 Å². The normalized spacial score (nSPS) is 11.0. The molecule has 0 bridgehead atoms. The number of hydrogen-bond donors (Lipinski definition) is 1. The van der Waals surface area contributed by atoms with Crippen LogP contribution in [0, 0.1) is 0 Å². The van der Waals surface area contributed by atoms with Gasteiger partial charge in [0.15, 0.2) is 0 Å². The highest BCUT2D eigenvalue weighted by Crippen LogP contribution is 2.29. The van der Waals surface area contributed by atoms with E-state index in [1.54, 1.807) is 13.8 Å². The molecule has 0 atom stereocenters. The Morgan fingerprint density at radius 1 is 1.13 bits per heavy atom. The fourth-order valence-corrected chi connectivity index (χ4v) is 0.910. The Morgan fingerprint density at radius 2 is 1.67 bits per heavy atom. The highest BCUT2D eigenvalue weighted by atomic mass is 19.4. The van der Waals surface area contributed by atoms with Gasteiger partial charge in [-0.2, -0.15) is 18.3 Å². The van der Waals surface area contributed by atoms with E-state index in [1.165, 1.54) is 12.1 Å². The Bertz CT molecular complexity index is 348. The summed E-state index contributed by atoms with van der Waals surface area (Å²) in [6.07, 6.45) is -4.29. The molecule has 0 unspecified atom stereocenters. The second-order valence-electron chi connectivity index (χ2n) is 3.25. The van der Waals surface area contributed by atoms with E-state index in [0.717, 1.165) is 17.8 Å². The SMILES string of the molecule is CC(C)=NNc1ccc(C(F)(F)F)cc1. The lowest BCUT2D eigenvalue weighted by molar-refractivity contribution is -0.137. The third-order valence-electron chi connectivity index (χ3n) is 1.62. The van der Waals surface area contributed by atoms with Crippen molar-refractivity contribution >= 4 is 11.4 Å². The molecule has 1 rings (SSSR count). The van der Waals surface area contributed by atoms with Crippen LogP contribution in [0.15, 0.2) is 29.4 Å². The predicted octanol–water partition coefficient (Wildman–Crippen LogP) is 3.51. The zero-order valence-corrected chi connectivity index (χ0v) is 8.39. The number of anilines is 1. The largest absolute Gasteiger partial charge is 0.416 e. The van der Waals surface area contributed by atoms with Gasteiger partial charge in [0.05, 0.1) is 11.3 Å². The first-order valence-electron chi connectivity index (χ1n) is 4.34. The van der Waals surface area contributed by atoms with E-state index in [0.29, 0.717) is 5.69 Å². The quantitative estimate of drug-likeness (QED) is 0.593. The number of hydrogen-bond acceptors (Lipinski definition) is 2. The number of rotatable bonds is 2. The van der Waals surface area contributed by atoms with E-state index in [9.17, 15) is 13.2 Å². The molecule has 0 amide bonds. The van der Waals surface area contributed by atoms with E-state index in [2.05, 4.69) is 10.5 Å². The van der Waals surface area contributed by atoms with Crippen molar-refractivity contribution in [1.82, 2.24) is 0 Å². The molecule has 1 aromatic rings. The smallest absolute Gasteiger partial charge is 0.279 e. The van der Waals surface area contributed by atoms with Crippen LogP contribution < -0.4 is 5.43 Å². The molecule has 0 aliphatic carbocycles. The van der Waals surface area contributed by atoms with Gasteiger partial charge < -0.3 is 0 Å². The molecule has 0 radical (unpaired) electrons. The summed E-state index contributed by atoms with van der Waals surface area (Å²) in [7, 11) is 0. The molecule has 1 N–H and O–H groups in total. The van der Waals surface area contributed by atoms with Gasteiger partial charge in [0.25, 0.3) is 0 Å². The first kappa shape index (κ1) is 11.6. The molecule has 0 aliphatic rings. The maximum atomic E-state index is 12.2. The van der Waals surface area contributed by atoms with Gasteiger partial charge in [-0.05, 0) is 38.1 Å². The van der Waals surface area contributed by atoms with E-state index in [1.807, 2.05) is 0 Å². The summed E-state index contributed by atoms with van der Waals surface area (Å²) < 4.78 is 36.6. The van der Waals surface area contributed by atoms with E-state index >= 15 is 0 Å². The summed E-state index contributed by atoms with van der Waals surface area (Å²) in [5.41, 5.74) is 3.31. The minimum absolute atomic E-state index is 0.532. The highest BCUT2D eigenvalue weighted by molar-refractivity contribution is 5.79.